The Kier molecular flexibility index (Phi) is 4.66. The molecule has 26 heavy (non-hydrogen) atoms. The highest BCUT2D eigenvalue weighted by molar-refractivity contribution is 5.71. The molecule has 2 aliphatic rings. The maximum atomic E-state index is 12.6. The van der Waals surface area contributed by atoms with Crippen molar-refractivity contribution >= 4 is 6.09 Å². The lowest BCUT2D eigenvalue weighted by Gasteiger charge is -2.36. The first kappa shape index (κ1) is 17.1. The maximum Gasteiger partial charge on any atom is 0.411 e. The summed E-state index contributed by atoms with van der Waals surface area (Å²) in [6, 6.07) is 14.8. The Balaban J connectivity index is 1.49. The zero-order valence-corrected chi connectivity index (χ0v) is 15.5. The van der Waals surface area contributed by atoms with Gasteiger partial charge in [-0.2, -0.15) is 0 Å². The van der Waals surface area contributed by atoms with E-state index in [4.69, 9.17) is 4.74 Å². The first-order valence-electron chi connectivity index (χ1n) is 9.60. The minimum absolute atomic E-state index is 0.0197. The van der Waals surface area contributed by atoms with Gasteiger partial charge < -0.3 is 4.74 Å². The molecule has 1 saturated heterocycles. The molecule has 1 saturated carbocycles. The largest absolute Gasteiger partial charge is 0.444 e. The number of rotatable bonds is 3. The van der Waals surface area contributed by atoms with Gasteiger partial charge in [-0.15, -0.1) is 0 Å². The fraction of sp³-hybridized carbons (Fsp3) is 0.455. The minimum Gasteiger partial charge on any atom is -0.444 e. The van der Waals surface area contributed by atoms with Crippen molar-refractivity contribution in [1.82, 2.24) is 9.88 Å². The van der Waals surface area contributed by atoms with Crippen molar-refractivity contribution in [2.45, 2.75) is 63.6 Å². The van der Waals surface area contributed by atoms with Crippen molar-refractivity contribution in [3.05, 3.63) is 65.5 Å². The fourth-order valence-electron chi connectivity index (χ4n) is 4.49. The van der Waals surface area contributed by atoms with Gasteiger partial charge in [-0.25, -0.2) is 4.79 Å². The molecule has 2 aromatic rings. The number of aromatic nitrogens is 1. The lowest BCUT2D eigenvalue weighted by Crippen LogP contribution is -2.40. The van der Waals surface area contributed by atoms with Crippen LogP contribution < -0.4 is 0 Å². The Hall–Kier alpha value is -2.36. The monoisotopic (exact) mass is 350 g/mol. The van der Waals surface area contributed by atoms with E-state index in [1.165, 1.54) is 5.56 Å². The number of carbonyl (C=O) groups is 1. The molecule has 1 aliphatic carbocycles. The molecule has 1 aromatic heterocycles. The summed E-state index contributed by atoms with van der Waals surface area (Å²) in [6.45, 7) is 4.02. The summed E-state index contributed by atoms with van der Waals surface area (Å²) in [6.07, 6.45) is 5.97. The molecule has 0 N–H and O–H groups in total. The highest BCUT2D eigenvalue weighted by atomic mass is 16.6. The maximum absolute atomic E-state index is 12.6. The van der Waals surface area contributed by atoms with E-state index in [9.17, 15) is 4.79 Å². The molecule has 0 radical (unpaired) electrons. The molecule has 2 fully saturated rings. The fourth-order valence-corrected chi connectivity index (χ4v) is 4.49. The van der Waals surface area contributed by atoms with E-state index in [2.05, 4.69) is 29.2 Å². The molecule has 1 aliphatic heterocycles. The number of pyridine rings is 1. The van der Waals surface area contributed by atoms with Gasteiger partial charge in [0.15, 0.2) is 0 Å². The van der Waals surface area contributed by atoms with Gasteiger partial charge in [0.1, 0.15) is 6.10 Å². The molecular weight excluding hydrogens is 324 g/mol. The molecular formula is C22H26N2O2. The van der Waals surface area contributed by atoms with E-state index in [1.54, 1.807) is 0 Å². The Morgan fingerprint density at radius 1 is 1.00 bits per heavy atom. The van der Waals surface area contributed by atoms with Gasteiger partial charge in [-0.05, 0) is 62.6 Å². The lowest BCUT2D eigenvalue weighted by molar-refractivity contribution is 0.125. The molecule has 136 valence electrons. The molecule has 4 rings (SSSR count). The van der Waals surface area contributed by atoms with Crippen molar-refractivity contribution in [2.75, 3.05) is 0 Å². The van der Waals surface area contributed by atoms with Gasteiger partial charge in [0.25, 0.3) is 0 Å². The van der Waals surface area contributed by atoms with Crippen LogP contribution in [-0.4, -0.2) is 28.1 Å². The van der Waals surface area contributed by atoms with Crippen LogP contribution in [0.1, 0.15) is 61.4 Å². The number of benzene rings is 1. The van der Waals surface area contributed by atoms with Crippen LogP contribution in [0, 0.1) is 6.92 Å². The number of hydrogen-bond acceptors (Lipinski definition) is 3. The predicted octanol–water partition coefficient (Wildman–Crippen LogP) is 5.00. The number of nitrogens with zero attached hydrogens (tertiary/aromatic N) is 2. The van der Waals surface area contributed by atoms with Crippen LogP contribution in [0.15, 0.2) is 48.7 Å². The van der Waals surface area contributed by atoms with E-state index in [0.717, 1.165) is 36.9 Å². The second kappa shape index (κ2) is 7.10. The van der Waals surface area contributed by atoms with Gasteiger partial charge in [0.05, 0.1) is 6.04 Å². The molecule has 0 bridgehead atoms. The summed E-state index contributed by atoms with van der Waals surface area (Å²) >= 11 is 0. The van der Waals surface area contributed by atoms with E-state index in [-0.39, 0.29) is 24.3 Å². The second-order valence-electron chi connectivity index (χ2n) is 7.59. The zero-order chi connectivity index (χ0) is 18.1. The summed E-state index contributed by atoms with van der Waals surface area (Å²) in [5, 5.41) is 0. The van der Waals surface area contributed by atoms with Gasteiger partial charge in [0.2, 0.25) is 0 Å². The quantitative estimate of drug-likeness (QED) is 0.782. The van der Waals surface area contributed by atoms with Crippen molar-refractivity contribution < 1.29 is 9.53 Å². The normalized spacial score (nSPS) is 28.8. The van der Waals surface area contributed by atoms with Crippen LogP contribution in [0.2, 0.25) is 0 Å². The van der Waals surface area contributed by atoms with Crippen molar-refractivity contribution in [3.63, 3.8) is 0 Å². The molecule has 4 nitrogen and oxygen atoms in total. The summed E-state index contributed by atoms with van der Waals surface area (Å²) in [4.78, 5) is 19.0. The molecule has 0 spiro atoms. The molecule has 2 heterocycles. The number of hydrogen-bond donors (Lipinski definition) is 0. The highest BCUT2D eigenvalue weighted by Crippen LogP contribution is 2.41. The molecule has 4 heteroatoms. The number of cyclic esters (lactones) is 1. The van der Waals surface area contributed by atoms with Gasteiger partial charge in [-0.1, -0.05) is 36.4 Å². The standard InChI is InChI=1S/C22H26N2O2/c1-15-8-9-19(14-23-15)17-10-12-20(13-11-17)24-21(16(2)26-22(24)25)18-6-4-3-5-7-18/h3-9,14,16-17,20-21H,10-13H2,1-2H3. The second-order valence-corrected chi connectivity index (χ2v) is 7.59. The number of carbonyl (C=O) groups excluding carboxylic acids is 1. The topological polar surface area (TPSA) is 42.4 Å². The molecule has 1 aromatic carbocycles. The highest BCUT2D eigenvalue weighted by Gasteiger charge is 2.44. The van der Waals surface area contributed by atoms with Crippen LogP contribution in [0.25, 0.3) is 0 Å². The van der Waals surface area contributed by atoms with Gasteiger partial charge >= 0.3 is 6.09 Å². The lowest BCUT2D eigenvalue weighted by atomic mass is 9.81. The SMILES string of the molecule is Cc1ccc(C2CCC(N3C(=O)OC(C)C3c3ccccc3)CC2)cn1. The minimum atomic E-state index is -0.160. The zero-order valence-electron chi connectivity index (χ0n) is 15.5. The van der Waals surface area contributed by atoms with E-state index < -0.39 is 0 Å². The van der Waals surface area contributed by atoms with E-state index in [0.29, 0.717) is 5.92 Å². The van der Waals surface area contributed by atoms with Crippen molar-refractivity contribution in [1.29, 1.82) is 0 Å². The van der Waals surface area contributed by atoms with Gasteiger partial charge in [0, 0.05) is 17.9 Å². The third kappa shape index (κ3) is 3.20. The Morgan fingerprint density at radius 2 is 1.73 bits per heavy atom. The smallest absolute Gasteiger partial charge is 0.411 e. The van der Waals surface area contributed by atoms with Crippen LogP contribution in [0.3, 0.4) is 0 Å². The summed E-state index contributed by atoms with van der Waals surface area (Å²) in [5.74, 6) is 0.547. The molecule has 2 unspecified atom stereocenters. The molecule has 1 amide bonds. The summed E-state index contributed by atoms with van der Waals surface area (Å²) in [7, 11) is 0. The van der Waals surface area contributed by atoms with Crippen LogP contribution in [-0.2, 0) is 4.74 Å². The first-order valence-corrected chi connectivity index (χ1v) is 9.60. The third-order valence-corrected chi connectivity index (χ3v) is 5.88. The van der Waals surface area contributed by atoms with Crippen LogP contribution >= 0.6 is 0 Å². The Bertz CT molecular complexity index is 751. The van der Waals surface area contributed by atoms with E-state index >= 15 is 0 Å². The number of aryl methyl sites for hydroxylation is 1. The average molecular weight is 350 g/mol. The molecule has 2 atom stereocenters. The Morgan fingerprint density at radius 3 is 2.38 bits per heavy atom. The van der Waals surface area contributed by atoms with Crippen LogP contribution in [0.4, 0.5) is 4.79 Å². The van der Waals surface area contributed by atoms with Crippen molar-refractivity contribution in [3.8, 4) is 0 Å². The first-order chi connectivity index (χ1) is 12.6. The predicted molar refractivity (Wildman–Crippen MR) is 101 cm³/mol. The van der Waals surface area contributed by atoms with Crippen molar-refractivity contribution in [2.24, 2.45) is 0 Å². The third-order valence-electron chi connectivity index (χ3n) is 5.88. The van der Waals surface area contributed by atoms with Gasteiger partial charge in [-0.3, -0.25) is 9.88 Å². The summed E-state index contributed by atoms with van der Waals surface area (Å²) < 4.78 is 5.60. The summed E-state index contributed by atoms with van der Waals surface area (Å²) in [5.41, 5.74) is 3.55. The average Bonchev–Trinajstić information content (AvgIpc) is 2.97. The Labute approximate surface area is 155 Å². The van der Waals surface area contributed by atoms with E-state index in [1.807, 2.05) is 43.1 Å². The number of amides is 1. The number of ether oxygens (including phenoxy) is 1. The van der Waals surface area contributed by atoms with Crippen LogP contribution in [0.5, 0.6) is 0 Å².